The Bertz CT molecular complexity index is 704. The van der Waals surface area contributed by atoms with Gasteiger partial charge in [0.15, 0.2) is 6.61 Å². The maximum atomic E-state index is 12.1. The molecule has 0 saturated heterocycles. The highest BCUT2D eigenvalue weighted by atomic mass is 19.4. The number of alkyl halides is 3. The second-order valence-corrected chi connectivity index (χ2v) is 4.91. The van der Waals surface area contributed by atoms with Crippen molar-refractivity contribution in [1.82, 2.24) is 9.55 Å². The van der Waals surface area contributed by atoms with Crippen molar-refractivity contribution in [3.8, 4) is 5.88 Å². The van der Waals surface area contributed by atoms with Gasteiger partial charge < -0.3 is 14.4 Å². The molecule has 0 aliphatic heterocycles. The fourth-order valence-electron chi connectivity index (χ4n) is 2.15. The molecule has 5 nitrogen and oxygen atoms in total. The average Bonchev–Trinajstić information content (AvgIpc) is 3.16. The maximum Gasteiger partial charge on any atom is 0.422 e. The summed E-state index contributed by atoms with van der Waals surface area (Å²) in [4.78, 5) is 15.2. The molecule has 1 saturated carbocycles. The molecule has 2 heterocycles. The molecule has 1 fully saturated rings. The molecule has 112 valence electrons. The minimum Gasteiger partial charge on any atom is -0.478 e. The van der Waals surface area contributed by atoms with Crippen molar-refractivity contribution >= 4 is 17.0 Å². The third-order valence-corrected chi connectivity index (χ3v) is 3.21. The van der Waals surface area contributed by atoms with Crippen molar-refractivity contribution in [2.45, 2.75) is 25.1 Å². The highest BCUT2D eigenvalue weighted by molar-refractivity contribution is 6.02. The molecule has 2 aromatic rings. The van der Waals surface area contributed by atoms with Crippen LogP contribution in [0.5, 0.6) is 5.88 Å². The molecule has 1 aliphatic carbocycles. The van der Waals surface area contributed by atoms with Gasteiger partial charge in [-0.1, -0.05) is 0 Å². The van der Waals surface area contributed by atoms with Crippen molar-refractivity contribution in [2.75, 3.05) is 6.61 Å². The van der Waals surface area contributed by atoms with Gasteiger partial charge in [-0.15, -0.1) is 0 Å². The third-order valence-electron chi connectivity index (χ3n) is 3.21. The number of halogens is 3. The lowest BCUT2D eigenvalue weighted by molar-refractivity contribution is -0.154. The first-order chi connectivity index (χ1) is 9.85. The number of fused-ring (bicyclic) bond motifs is 1. The van der Waals surface area contributed by atoms with Crippen LogP contribution in [0.4, 0.5) is 13.2 Å². The number of ether oxygens (including phenoxy) is 1. The number of hydrogen-bond donors (Lipinski definition) is 1. The molecule has 0 atom stereocenters. The number of aromatic nitrogens is 2. The lowest BCUT2D eigenvalue weighted by Gasteiger charge is -2.09. The number of rotatable bonds is 4. The van der Waals surface area contributed by atoms with Crippen molar-refractivity contribution in [2.24, 2.45) is 0 Å². The van der Waals surface area contributed by atoms with E-state index >= 15 is 0 Å². The summed E-state index contributed by atoms with van der Waals surface area (Å²) in [6.45, 7) is -1.43. The van der Waals surface area contributed by atoms with E-state index in [-0.39, 0.29) is 17.5 Å². The standard InChI is InChI=1S/C13H11F3N2O3/c14-13(15,16)6-21-10-4-3-8-9(12(19)20)5-18(7-1-2-7)11(8)17-10/h3-5,7H,1-2,6H2,(H,19,20). The Morgan fingerprint density at radius 3 is 2.71 bits per heavy atom. The minimum absolute atomic E-state index is 0.0896. The van der Waals surface area contributed by atoms with Gasteiger partial charge in [-0.2, -0.15) is 18.2 Å². The highest BCUT2D eigenvalue weighted by Gasteiger charge is 2.30. The largest absolute Gasteiger partial charge is 0.478 e. The molecule has 0 bridgehead atoms. The van der Waals surface area contributed by atoms with Gasteiger partial charge >= 0.3 is 12.1 Å². The Hall–Kier alpha value is -2.25. The van der Waals surface area contributed by atoms with Crippen LogP contribution in [0.2, 0.25) is 0 Å². The molecule has 8 heteroatoms. The topological polar surface area (TPSA) is 64.3 Å². The summed E-state index contributed by atoms with van der Waals surface area (Å²) in [6, 6.07) is 2.83. The van der Waals surface area contributed by atoms with Crippen LogP contribution in [0.3, 0.4) is 0 Å². The average molecular weight is 300 g/mol. The van der Waals surface area contributed by atoms with Crippen molar-refractivity contribution in [1.29, 1.82) is 0 Å². The van der Waals surface area contributed by atoms with E-state index in [0.717, 1.165) is 12.8 Å². The van der Waals surface area contributed by atoms with E-state index < -0.39 is 18.8 Å². The molecule has 0 aromatic carbocycles. The van der Waals surface area contributed by atoms with Crippen molar-refractivity contribution < 1.29 is 27.8 Å². The predicted octanol–water partition coefficient (Wildman–Crippen LogP) is 3.01. The van der Waals surface area contributed by atoms with Gasteiger partial charge in [-0.3, -0.25) is 0 Å². The molecule has 3 rings (SSSR count). The van der Waals surface area contributed by atoms with Crippen LogP contribution in [0.15, 0.2) is 18.3 Å². The lowest BCUT2D eigenvalue weighted by Crippen LogP contribution is -2.19. The quantitative estimate of drug-likeness (QED) is 0.942. The number of hydrogen-bond acceptors (Lipinski definition) is 3. The van der Waals surface area contributed by atoms with Gasteiger partial charge in [0.05, 0.1) is 5.56 Å². The van der Waals surface area contributed by atoms with Gasteiger partial charge in [-0.25, -0.2) is 4.79 Å². The number of aromatic carboxylic acids is 1. The summed E-state index contributed by atoms with van der Waals surface area (Å²) < 4.78 is 42.7. The van der Waals surface area contributed by atoms with Crippen LogP contribution in [0.1, 0.15) is 29.2 Å². The molecule has 1 aliphatic rings. The summed E-state index contributed by atoms with van der Waals surface area (Å²) in [5, 5.41) is 9.55. The van der Waals surface area contributed by atoms with Gasteiger partial charge in [0.1, 0.15) is 5.65 Å². The van der Waals surface area contributed by atoms with Crippen molar-refractivity contribution in [3.05, 3.63) is 23.9 Å². The molecular weight excluding hydrogens is 289 g/mol. The second-order valence-electron chi connectivity index (χ2n) is 4.91. The summed E-state index contributed by atoms with van der Waals surface area (Å²) in [7, 11) is 0. The number of carboxylic acid groups (broad SMARTS) is 1. The van der Waals surface area contributed by atoms with Crippen LogP contribution in [-0.4, -0.2) is 33.4 Å². The van der Waals surface area contributed by atoms with Crippen LogP contribution in [0.25, 0.3) is 11.0 Å². The number of carbonyl (C=O) groups is 1. The van der Waals surface area contributed by atoms with E-state index in [9.17, 15) is 18.0 Å². The first kappa shape index (κ1) is 13.7. The molecule has 0 amide bonds. The molecule has 0 spiro atoms. The molecule has 1 N–H and O–H groups in total. The first-order valence-electron chi connectivity index (χ1n) is 6.29. The summed E-state index contributed by atoms with van der Waals surface area (Å²) >= 11 is 0. The molecule has 0 radical (unpaired) electrons. The van der Waals surface area contributed by atoms with Crippen LogP contribution in [-0.2, 0) is 0 Å². The Balaban J connectivity index is 1.99. The zero-order valence-electron chi connectivity index (χ0n) is 10.7. The Labute approximate surface area is 117 Å². The van der Waals surface area contributed by atoms with E-state index in [2.05, 4.69) is 9.72 Å². The molecule has 2 aromatic heterocycles. The summed E-state index contributed by atoms with van der Waals surface area (Å²) in [5.41, 5.74) is 0.432. The van der Waals surface area contributed by atoms with Crippen molar-refractivity contribution in [3.63, 3.8) is 0 Å². The fraction of sp³-hybridized carbons (Fsp3) is 0.385. The predicted molar refractivity (Wildman–Crippen MR) is 66.5 cm³/mol. The molecule has 0 unspecified atom stereocenters. The third kappa shape index (κ3) is 2.79. The fourth-order valence-corrected chi connectivity index (χ4v) is 2.15. The van der Waals surface area contributed by atoms with Gasteiger partial charge in [-0.05, 0) is 18.9 Å². The van der Waals surface area contributed by atoms with E-state index in [0.29, 0.717) is 11.0 Å². The maximum absolute atomic E-state index is 12.1. The first-order valence-corrected chi connectivity index (χ1v) is 6.29. The van der Waals surface area contributed by atoms with E-state index in [4.69, 9.17) is 5.11 Å². The molecule has 21 heavy (non-hydrogen) atoms. The summed E-state index contributed by atoms with van der Waals surface area (Å²) in [5.74, 6) is -1.26. The van der Waals surface area contributed by atoms with Gasteiger partial charge in [0.2, 0.25) is 5.88 Å². The Morgan fingerprint density at radius 1 is 1.43 bits per heavy atom. The summed E-state index contributed by atoms with van der Waals surface area (Å²) in [6.07, 6.45) is -1.16. The zero-order chi connectivity index (χ0) is 15.2. The second kappa shape index (κ2) is 4.64. The zero-order valence-corrected chi connectivity index (χ0v) is 10.7. The smallest absolute Gasteiger partial charge is 0.422 e. The lowest BCUT2D eigenvalue weighted by atomic mass is 10.2. The monoisotopic (exact) mass is 300 g/mol. The number of carboxylic acids is 1. The van der Waals surface area contributed by atoms with Crippen LogP contribution >= 0.6 is 0 Å². The van der Waals surface area contributed by atoms with Gasteiger partial charge in [0.25, 0.3) is 0 Å². The van der Waals surface area contributed by atoms with E-state index in [1.807, 2.05) is 0 Å². The molecular formula is C13H11F3N2O3. The van der Waals surface area contributed by atoms with Gasteiger partial charge in [0, 0.05) is 23.7 Å². The SMILES string of the molecule is O=C(O)c1cn(C2CC2)c2nc(OCC(F)(F)F)ccc12. The Kier molecular flexibility index (Phi) is 3.03. The Morgan fingerprint density at radius 2 is 2.14 bits per heavy atom. The number of pyridine rings is 1. The van der Waals surface area contributed by atoms with E-state index in [1.165, 1.54) is 18.3 Å². The van der Waals surface area contributed by atoms with Crippen LogP contribution < -0.4 is 4.74 Å². The highest BCUT2D eigenvalue weighted by Crippen LogP contribution is 2.38. The minimum atomic E-state index is -4.44. The number of nitrogens with zero attached hydrogens (tertiary/aromatic N) is 2. The van der Waals surface area contributed by atoms with Crippen LogP contribution in [0, 0.1) is 0 Å². The normalized spacial score (nSPS) is 15.4. The van der Waals surface area contributed by atoms with E-state index in [1.54, 1.807) is 4.57 Å².